The van der Waals surface area contributed by atoms with Crippen LogP contribution in [0.3, 0.4) is 0 Å². The van der Waals surface area contributed by atoms with Gasteiger partial charge in [-0.05, 0) is 101 Å². The monoisotopic (exact) mass is 360 g/mol. The first kappa shape index (κ1) is 20.1. The highest BCUT2D eigenvalue weighted by molar-refractivity contribution is 5.19. The zero-order valence-corrected chi connectivity index (χ0v) is 17.3. The summed E-state index contributed by atoms with van der Waals surface area (Å²) < 4.78 is 0. The van der Waals surface area contributed by atoms with Gasteiger partial charge in [0, 0.05) is 0 Å². The molecule has 2 N–H and O–H groups in total. The number of hydrogen-bond donors (Lipinski definition) is 2. The molecule has 0 heterocycles. The van der Waals surface area contributed by atoms with Crippen molar-refractivity contribution in [3.05, 3.63) is 23.3 Å². The Morgan fingerprint density at radius 1 is 0.846 bits per heavy atom. The summed E-state index contributed by atoms with van der Waals surface area (Å²) in [6.45, 7) is 8.48. The lowest BCUT2D eigenvalue weighted by atomic mass is 9.80. The standard InChI is InChI=1S/2C12H20O/c1-3-9-5-8-6-10(9)11(7-8)12(13)4-2;1-3-8-5-10-6-9(8)7-11(10)12(13)4-2/h3,8,10-13H,4-7H2,1-2H3;3,9-13H,4-7H2,1-2H3. The van der Waals surface area contributed by atoms with Crippen molar-refractivity contribution < 1.29 is 10.2 Å². The van der Waals surface area contributed by atoms with E-state index in [1.54, 1.807) is 11.1 Å². The second-order valence-corrected chi connectivity index (χ2v) is 9.29. The summed E-state index contributed by atoms with van der Waals surface area (Å²) in [5.41, 5.74) is 3.28. The van der Waals surface area contributed by atoms with Crippen molar-refractivity contribution in [3.8, 4) is 0 Å². The van der Waals surface area contributed by atoms with Crippen LogP contribution >= 0.6 is 0 Å². The van der Waals surface area contributed by atoms with Crippen molar-refractivity contribution in [3.63, 3.8) is 0 Å². The minimum absolute atomic E-state index is 0.0339. The molecule has 0 aliphatic heterocycles. The summed E-state index contributed by atoms with van der Waals surface area (Å²) in [4.78, 5) is 0. The van der Waals surface area contributed by atoms with Crippen molar-refractivity contribution in [1.29, 1.82) is 0 Å². The lowest BCUT2D eigenvalue weighted by Crippen LogP contribution is -2.25. The molecule has 0 aromatic carbocycles. The summed E-state index contributed by atoms with van der Waals surface area (Å²) in [5, 5.41) is 19.7. The molecule has 2 nitrogen and oxygen atoms in total. The van der Waals surface area contributed by atoms with Crippen LogP contribution in [0.25, 0.3) is 0 Å². The predicted octanol–water partition coefficient (Wildman–Crippen LogP) is 5.50. The van der Waals surface area contributed by atoms with Gasteiger partial charge in [0.05, 0.1) is 12.2 Å². The van der Waals surface area contributed by atoms with Gasteiger partial charge in [0.25, 0.3) is 0 Å². The van der Waals surface area contributed by atoms with Crippen LogP contribution in [0, 0.1) is 35.5 Å². The molecule has 4 aliphatic carbocycles. The zero-order valence-electron chi connectivity index (χ0n) is 17.3. The molecule has 0 aromatic rings. The van der Waals surface area contributed by atoms with Gasteiger partial charge < -0.3 is 10.2 Å². The Labute approximate surface area is 160 Å². The third-order valence-electron chi connectivity index (χ3n) is 8.05. The van der Waals surface area contributed by atoms with E-state index in [0.29, 0.717) is 11.8 Å². The molecule has 8 unspecified atom stereocenters. The highest BCUT2D eigenvalue weighted by atomic mass is 16.3. The first-order chi connectivity index (χ1) is 12.5. The van der Waals surface area contributed by atoms with Crippen LogP contribution in [0.5, 0.6) is 0 Å². The van der Waals surface area contributed by atoms with Gasteiger partial charge in [-0.3, -0.25) is 0 Å². The van der Waals surface area contributed by atoms with Crippen molar-refractivity contribution in [1.82, 2.24) is 0 Å². The average molecular weight is 361 g/mol. The smallest absolute Gasteiger partial charge is 0.0571 e. The highest BCUT2D eigenvalue weighted by Gasteiger charge is 2.45. The third kappa shape index (κ3) is 3.83. The molecule has 4 rings (SSSR count). The summed E-state index contributed by atoms with van der Waals surface area (Å²) in [5.74, 6) is 4.42. The van der Waals surface area contributed by atoms with Gasteiger partial charge in [-0.2, -0.15) is 0 Å². The molecule has 4 bridgehead atoms. The summed E-state index contributed by atoms with van der Waals surface area (Å²) in [7, 11) is 0. The summed E-state index contributed by atoms with van der Waals surface area (Å²) in [6, 6.07) is 0. The molecule has 4 saturated carbocycles. The average Bonchev–Trinajstić information content (AvgIpc) is 3.45. The summed E-state index contributed by atoms with van der Waals surface area (Å²) in [6.07, 6.45) is 14.1. The van der Waals surface area contributed by atoms with Crippen molar-refractivity contribution in [2.24, 2.45) is 35.5 Å². The molecular weight excluding hydrogens is 320 g/mol. The lowest BCUT2D eigenvalue weighted by molar-refractivity contribution is 0.0773. The maximum atomic E-state index is 9.87. The lowest BCUT2D eigenvalue weighted by Gasteiger charge is -2.28. The van der Waals surface area contributed by atoms with E-state index in [9.17, 15) is 10.2 Å². The normalized spacial score (nSPS) is 43.0. The van der Waals surface area contributed by atoms with Crippen LogP contribution in [0.4, 0.5) is 0 Å². The van der Waals surface area contributed by atoms with Crippen LogP contribution in [-0.4, -0.2) is 22.4 Å². The fourth-order valence-electron chi connectivity index (χ4n) is 6.61. The number of fused-ring (bicyclic) bond motifs is 4. The van der Waals surface area contributed by atoms with Crippen LogP contribution < -0.4 is 0 Å². The van der Waals surface area contributed by atoms with Crippen LogP contribution in [0.1, 0.15) is 79.1 Å². The fourth-order valence-corrected chi connectivity index (χ4v) is 6.61. The SMILES string of the molecule is CC=C1CC2CC1C(C(O)CC)C2.CC=C1CC2CC1CC2C(O)CC. The number of hydrogen-bond acceptors (Lipinski definition) is 2. The number of aliphatic hydroxyl groups is 2. The van der Waals surface area contributed by atoms with Crippen molar-refractivity contribution in [2.45, 2.75) is 91.3 Å². The Bertz CT molecular complexity index is 534. The van der Waals surface area contributed by atoms with Gasteiger partial charge in [0.15, 0.2) is 0 Å². The largest absolute Gasteiger partial charge is 0.393 e. The van der Waals surface area contributed by atoms with Crippen LogP contribution in [0.2, 0.25) is 0 Å². The van der Waals surface area contributed by atoms with Gasteiger partial charge >= 0.3 is 0 Å². The zero-order chi connectivity index (χ0) is 18.8. The molecule has 2 heteroatoms. The van der Waals surface area contributed by atoms with Crippen molar-refractivity contribution >= 4 is 0 Å². The first-order valence-electron chi connectivity index (χ1n) is 11.2. The topological polar surface area (TPSA) is 40.5 Å². The molecule has 148 valence electrons. The van der Waals surface area contributed by atoms with Gasteiger partial charge in [0.1, 0.15) is 0 Å². The maximum Gasteiger partial charge on any atom is 0.0571 e. The van der Waals surface area contributed by atoms with E-state index in [0.717, 1.165) is 36.5 Å². The van der Waals surface area contributed by atoms with Gasteiger partial charge in [0.2, 0.25) is 0 Å². The molecule has 4 aliphatic rings. The van der Waals surface area contributed by atoms with Gasteiger partial charge in [-0.1, -0.05) is 37.1 Å². The molecule has 0 spiro atoms. The quantitative estimate of drug-likeness (QED) is 0.650. The molecule has 0 radical (unpaired) electrons. The van der Waals surface area contributed by atoms with E-state index >= 15 is 0 Å². The maximum absolute atomic E-state index is 9.87. The van der Waals surface area contributed by atoms with E-state index < -0.39 is 0 Å². The second kappa shape index (κ2) is 8.61. The minimum Gasteiger partial charge on any atom is -0.393 e. The molecule has 26 heavy (non-hydrogen) atoms. The van der Waals surface area contributed by atoms with Crippen LogP contribution in [0.15, 0.2) is 23.3 Å². The first-order valence-corrected chi connectivity index (χ1v) is 11.2. The second-order valence-electron chi connectivity index (χ2n) is 9.29. The third-order valence-corrected chi connectivity index (χ3v) is 8.05. The number of aliphatic hydroxyl groups excluding tert-OH is 2. The minimum atomic E-state index is -0.0507. The Balaban J connectivity index is 0.000000151. The Kier molecular flexibility index (Phi) is 6.67. The predicted molar refractivity (Wildman–Crippen MR) is 109 cm³/mol. The Hall–Kier alpha value is -0.600. The van der Waals surface area contributed by atoms with E-state index in [1.165, 1.54) is 38.5 Å². The summed E-state index contributed by atoms with van der Waals surface area (Å²) >= 11 is 0. The molecular formula is C24H40O2. The highest BCUT2D eigenvalue weighted by Crippen LogP contribution is 2.53. The van der Waals surface area contributed by atoms with Crippen molar-refractivity contribution in [2.75, 3.05) is 0 Å². The molecule has 0 amide bonds. The van der Waals surface area contributed by atoms with Crippen LogP contribution in [-0.2, 0) is 0 Å². The number of rotatable bonds is 4. The van der Waals surface area contributed by atoms with Gasteiger partial charge in [-0.15, -0.1) is 0 Å². The molecule has 8 atom stereocenters. The van der Waals surface area contributed by atoms with E-state index in [2.05, 4.69) is 39.8 Å². The molecule has 0 aromatic heterocycles. The molecule has 4 fully saturated rings. The molecule has 0 saturated heterocycles. The Morgan fingerprint density at radius 2 is 1.50 bits per heavy atom. The van der Waals surface area contributed by atoms with Gasteiger partial charge in [-0.25, -0.2) is 0 Å². The Morgan fingerprint density at radius 3 is 2.00 bits per heavy atom. The fraction of sp³-hybridized carbons (Fsp3) is 0.833. The van der Waals surface area contributed by atoms with E-state index in [-0.39, 0.29) is 12.2 Å². The van der Waals surface area contributed by atoms with E-state index in [4.69, 9.17) is 0 Å². The number of allylic oxidation sites excluding steroid dienone is 4. The van der Waals surface area contributed by atoms with E-state index in [1.807, 2.05) is 0 Å².